The Balaban J connectivity index is 0.00000196. The lowest BCUT2D eigenvalue weighted by atomic mass is 9.90. The average molecular weight is 368 g/mol. The van der Waals surface area contributed by atoms with Crippen LogP contribution in [0, 0.1) is 17.2 Å². The summed E-state index contributed by atoms with van der Waals surface area (Å²) in [5, 5.41) is 9.38. The molecule has 0 spiro atoms. The third-order valence-corrected chi connectivity index (χ3v) is 5.57. The van der Waals surface area contributed by atoms with Gasteiger partial charge in [-0.1, -0.05) is 25.1 Å². The fourth-order valence-corrected chi connectivity index (χ4v) is 4.01. The highest BCUT2D eigenvalue weighted by Crippen LogP contribution is 2.36. The van der Waals surface area contributed by atoms with Gasteiger partial charge >= 0.3 is 0 Å². The van der Waals surface area contributed by atoms with Crippen molar-refractivity contribution < 1.29 is 0 Å². The molecule has 4 heteroatoms. The SMILES string of the molecule is CC1CN(CC2CC2)Cc2cc(N(C)c3ccccc3C#N)ccc21.Cl. The molecule has 0 saturated heterocycles. The van der Waals surface area contributed by atoms with Gasteiger partial charge in [-0.05, 0) is 60.1 Å². The highest BCUT2D eigenvalue weighted by atomic mass is 35.5. The largest absolute Gasteiger partial charge is 0.344 e. The molecule has 1 saturated carbocycles. The van der Waals surface area contributed by atoms with Gasteiger partial charge in [0.2, 0.25) is 0 Å². The molecule has 0 aromatic heterocycles. The number of fused-ring (bicyclic) bond motifs is 1. The molecule has 1 aliphatic heterocycles. The van der Waals surface area contributed by atoms with Crippen molar-refractivity contribution in [1.29, 1.82) is 5.26 Å². The summed E-state index contributed by atoms with van der Waals surface area (Å²) >= 11 is 0. The molecule has 136 valence electrons. The van der Waals surface area contributed by atoms with Gasteiger partial charge in [-0.15, -0.1) is 12.4 Å². The molecule has 0 bridgehead atoms. The number of nitriles is 1. The molecule has 26 heavy (non-hydrogen) atoms. The van der Waals surface area contributed by atoms with Crippen LogP contribution in [0.15, 0.2) is 42.5 Å². The first-order chi connectivity index (χ1) is 12.2. The standard InChI is InChI=1S/C22H25N3.ClH/c1-16-13-25(14-17-7-8-17)15-19-11-20(9-10-21(16)19)24(2)22-6-4-3-5-18(22)12-23;/h3-6,9-11,16-17H,7-8,13-15H2,1-2H3;1H. The van der Waals surface area contributed by atoms with Gasteiger partial charge in [-0.2, -0.15) is 5.26 Å². The van der Waals surface area contributed by atoms with Gasteiger partial charge in [0.1, 0.15) is 6.07 Å². The minimum Gasteiger partial charge on any atom is -0.344 e. The summed E-state index contributed by atoms with van der Waals surface area (Å²) in [6.07, 6.45) is 2.82. The number of anilines is 2. The summed E-state index contributed by atoms with van der Waals surface area (Å²) in [5.41, 5.74) is 5.76. The second-order valence-electron chi connectivity index (χ2n) is 7.61. The lowest BCUT2D eigenvalue weighted by Gasteiger charge is -2.34. The number of hydrogen-bond donors (Lipinski definition) is 0. The zero-order chi connectivity index (χ0) is 17.4. The maximum absolute atomic E-state index is 9.38. The minimum atomic E-state index is 0. The van der Waals surface area contributed by atoms with Crippen LogP contribution in [0.2, 0.25) is 0 Å². The van der Waals surface area contributed by atoms with E-state index in [0.29, 0.717) is 11.5 Å². The molecule has 4 rings (SSSR count). The molecule has 1 atom stereocenters. The molecule has 0 N–H and O–H groups in total. The molecule has 2 aromatic rings. The first-order valence-electron chi connectivity index (χ1n) is 9.23. The van der Waals surface area contributed by atoms with E-state index < -0.39 is 0 Å². The van der Waals surface area contributed by atoms with E-state index in [4.69, 9.17) is 0 Å². The van der Waals surface area contributed by atoms with Crippen LogP contribution < -0.4 is 4.90 Å². The lowest BCUT2D eigenvalue weighted by molar-refractivity contribution is 0.226. The van der Waals surface area contributed by atoms with Crippen LogP contribution in [-0.2, 0) is 6.54 Å². The smallest absolute Gasteiger partial charge is 0.101 e. The van der Waals surface area contributed by atoms with Gasteiger partial charge in [0, 0.05) is 32.4 Å². The number of halogens is 1. The van der Waals surface area contributed by atoms with Crippen LogP contribution in [0.3, 0.4) is 0 Å². The number of hydrogen-bond acceptors (Lipinski definition) is 3. The zero-order valence-electron chi connectivity index (χ0n) is 15.5. The molecule has 1 fully saturated rings. The van der Waals surface area contributed by atoms with E-state index in [1.807, 2.05) is 31.3 Å². The molecule has 0 radical (unpaired) electrons. The van der Waals surface area contributed by atoms with E-state index in [-0.39, 0.29) is 12.4 Å². The molecule has 2 aromatic carbocycles. The van der Waals surface area contributed by atoms with Gasteiger partial charge in [-0.3, -0.25) is 4.90 Å². The van der Waals surface area contributed by atoms with Crippen molar-refractivity contribution in [2.45, 2.75) is 32.2 Å². The Hall–Kier alpha value is -2.02. The Morgan fingerprint density at radius 3 is 2.69 bits per heavy atom. The summed E-state index contributed by atoms with van der Waals surface area (Å²) < 4.78 is 0. The Morgan fingerprint density at radius 1 is 1.19 bits per heavy atom. The highest BCUT2D eigenvalue weighted by molar-refractivity contribution is 5.85. The first kappa shape index (κ1) is 18.8. The number of para-hydroxylation sites is 1. The first-order valence-corrected chi connectivity index (χ1v) is 9.23. The third kappa shape index (κ3) is 3.72. The van der Waals surface area contributed by atoms with Crippen molar-refractivity contribution in [3.8, 4) is 6.07 Å². The number of nitrogens with zero attached hydrogens (tertiary/aromatic N) is 3. The maximum Gasteiger partial charge on any atom is 0.101 e. The highest BCUT2D eigenvalue weighted by Gasteiger charge is 2.29. The Kier molecular flexibility index (Phi) is 5.55. The zero-order valence-corrected chi connectivity index (χ0v) is 16.3. The summed E-state index contributed by atoms with van der Waals surface area (Å²) in [6, 6.07) is 16.9. The van der Waals surface area contributed by atoms with E-state index in [1.165, 1.54) is 37.1 Å². The second kappa shape index (κ2) is 7.70. The van der Waals surface area contributed by atoms with E-state index in [9.17, 15) is 5.26 Å². The molecule has 3 nitrogen and oxygen atoms in total. The van der Waals surface area contributed by atoms with E-state index in [0.717, 1.165) is 23.8 Å². The van der Waals surface area contributed by atoms with Crippen LogP contribution in [0.1, 0.15) is 42.4 Å². The summed E-state index contributed by atoms with van der Waals surface area (Å²) in [7, 11) is 2.05. The lowest BCUT2D eigenvalue weighted by Crippen LogP contribution is -2.34. The molecule has 1 heterocycles. The Labute approximate surface area is 162 Å². The van der Waals surface area contributed by atoms with E-state index >= 15 is 0 Å². The van der Waals surface area contributed by atoms with Crippen molar-refractivity contribution in [2.24, 2.45) is 5.92 Å². The number of benzene rings is 2. The fourth-order valence-electron chi connectivity index (χ4n) is 4.01. The van der Waals surface area contributed by atoms with Crippen LogP contribution in [0.25, 0.3) is 0 Å². The average Bonchev–Trinajstić information content (AvgIpc) is 3.44. The van der Waals surface area contributed by atoms with Crippen LogP contribution in [-0.4, -0.2) is 25.0 Å². The topological polar surface area (TPSA) is 30.3 Å². The molecular formula is C22H26ClN3. The minimum absolute atomic E-state index is 0. The van der Waals surface area contributed by atoms with Gasteiger partial charge in [0.15, 0.2) is 0 Å². The van der Waals surface area contributed by atoms with E-state index in [2.05, 4.69) is 41.0 Å². The summed E-state index contributed by atoms with van der Waals surface area (Å²) in [6.45, 7) is 5.82. The second-order valence-corrected chi connectivity index (χ2v) is 7.61. The van der Waals surface area contributed by atoms with E-state index in [1.54, 1.807) is 0 Å². The summed E-state index contributed by atoms with van der Waals surface area (Å²) in [5.74, 6) is 1.52. The Bertz CT molecular complexity index is 822. The van der Waals surface area contributed by atoms with Crippen LogP contribution >= 0.6 is 12.4 Å². The summed E-state index contributed by atoms with van der Waals surface area (Å²) in [4.78, 5) is 4.75. The molecular weight excluding hydrogens is 342 g/mol. The predicted octanol–water partition coefficient (Wildman–Crippen LogP) is 5.08. The van der Waals surface area contributed by atoms with Gasteiger partial charge in [0.05, 0.1) is 11.3 Å². The third-order valence-electron chi connectivity index (χ3n) is 5.57. The molecule has 1 aliphatic carbocycles. The quantitative estimate of drug-likeness (QED) is 0.755. The monoisotopic (exact) mass is 367 g/mol. The number of rotatable bonds is 4. The molecule has 0 amide bonds. The van der Waals surface area contributed by atoms with Crippen molar-refractivity contribution in [2.75, 3.05) is 25.0 Å². The maximum atomic E-state index is 9.38. The Morgan fingerprint density at radius 2 is 1.96 bits per heavy atom. The van der Waals surface area contributed by atoms with Gasteiger partial charge in [-0.25, -0.2) is 0 Å². The normalized spacial score (nSPS) is 19.2. The van der Waals surface area contributed by atoms with Gasteiger partial charge < -0.3 is 4.90 Å². The van der Waals surface area contributed by atoms with Crippen LogP contribution in [0.4, 0.5) is 11.4 Å². The van der Waals surface area contributed by atoms with Crippen molar-refractivity contribution in [1.82, 2.24) is 4.90 Å². The fraction of sp³-hybridized carbons (Fsp3) is 0.409. The molecule has 2 aliphatic rings. The van der Waals surface area contributed by atoms with Crippen LogP contribution in [0.5, 0.6) is 0 Å². The van der Waals surface area contributed by atoms with Crippen molar-refractivity contribution in [3.63, 3.8) is 0 Å². The predicted molar refractivity (Wildman–Crippen MR) is 109 cm³/mol. The van der Waals surface area contributed by atoms with Crippen molar-refractivity contribution >= 4 is 23.8 Å². The molecule has 1 unspecified atom stereocenters. The van der Waals surface area contributed by atoms with Gasteiger partial charge in [0.25, 0.3) is 0 Å². The van der Waals surface area contributed by atoms with Crippen molar-refractivity contribution in [3.05, 3.63) is 59.2 Å².